The molecule has 84 valence electrons. The van der Waals surface area contributed by atoms with E-state index in [0.717, 1.165) is 9.39 Å². The lowest BCUT2D eigenvalue weighted by Crippen LogP contribution is -2.14. The second-order valence-electron chi connectivity index (χ2n) is 4.32. The zero-order valence-corrected chi connectivity index (χ0v) is 11.1. The Hall–Kier alpha value is -0.260. The third kappa shape index (κ3) is 2.65. The van der Waals surface area contributed by atoms with Crippen molar-refractivity contribution in [3.63, 3.8) is 0 Å². The summed E-state index contributed by atoms with van der Waals surface area (Å²) < 4.78 is 3.11. The number of hydrogen-bond donors (Lipinski definition) is 1. The molecule has 0 saturated heterocycles. The molecular weight excluding hydrogens is 301 g/mol. The van der Waals surface area contributed by atoms with E-state index < -0.39 is 0 Å². The van der Waals surface area contributed by atoms with Crippen molar-refractivity contribution >= 4 is 28.4 Å². The van der Waals surface area contributed by atoms with E-state index in [2.05, 4.69) is 27.7 Å². The van der Waals surface area contributed by atoms with Gasteiger partial charge in [-0.05, 0) is 35.4 Å². The summed E-state index contributed by atoms with van der Waals surface area (Å²) in [7, 11) is 0. The van der Waals surface area contributed by atoms with E-state index in [-0.39, 0.29) is 0 Å². The number of nitrogens with two attached hydrogens (primary N) is 1. The highest BCUT2D eigenvalue weighted by Gasteiger charge is 2.16. The second-order valence-corrected chi connectivity index (χ2v) is 5.48. The van der Waals surface area contributed by atoms with Crippen LogP contribution in [0.2, 0.25) is 0 Å². The lowest BCUT2D eigenvalue weighted by Gasteiger charge is -2.21. The van der Waals surface area contributed by atoms with Crippen LogP contribution in [0.1, 0.15) is 51.0 Å². The highest BCUT2D eigenvalue weighted by Crippen LogP contribution is 2.29. The predicted molar refractivity (Wildman–Crippen MR) is 70.7 cm³/mol. The SMILES string of the molecule is Nc1c(I)cnn1C1CCCCCCC1. The Morgan fingerprint density at radius 3 is 2.33 bits per heavy atom. The minimum Gasteiger partial charge on any atom is -0.383 e. The minimum absolute atomic E-state index is 0.536. The number of anilines is 1. The molecule has 15 heavy (non-hydrogen) atoms. The van der Waals surface area contributed by atoms with Crippen LogP contribution in [0, 0.1) is 3.57 Å². The van der Waals surface area contributed by atoms with Crippen LogP contribution in [0.4, 0.5) is 5.82 Å². The number of aromatic nitrogens is 2. The fraction of sp³-hybridized carbons (Fsp3) is 0.727. The molecule has 0 atom stereocenters. The highest BCUT2D eigenvalue weighted by atomic mass is 127. The summed E-state index contributed by atoms with van der Waals surface area (Å²) in [6, 6.07) is 0.536. The lowest BCUT2D eigenvalue weighted by molar-refractivity contribution is 0.351. The number of hydrogen-bond acceptors (Lipinski definition) is 2. The van der Waals surface area contributed by atoms with Gasteiger partial charge in [-0.3, -0.25) is 0 Å². The molecule has 2 rings (SSSR count). The first-order valence-electron chi connectivity index (χ1n) is 5.77. The van der Waals surface area contributed by atoms with Gasteiger partial charge in [0.25, 0.3) is 0 Å². The van der Waals surface area contributed by atoms with Crippen LogP contribution in [0.3, 0.4) is 0 Å². The van der Waals surface area contributed by atoms with Gasteiger partial charge in [-0.2, -0.15) is 5.10 Å². The van der Waals surface area contributed by atoms with Crippen molar-refractivity contribution in [1.29, 1.82) is 0 Å². The summed E-state index contributed by atoms with van der Waals surface area (Å²) >= 11 is 2.25. The van der Waals surface area contributed by atoms with Crippen molar-refractivity contribution < 1.29 is 0 Å². The van der Waals surface area contributed by atoms with E-state index in [4.69, 9.17) is 5.73 Å². The molecular formula is C11H18IN3. The van der Waals surface area contributed by atoms with Gasteiger partial charge in [0.15, 0.2) is 0 Å². The Labute approximate surface area is 105 Å². The van der Waals surface area contributed by atoms with E-state index in [1.807, 2.05) is 10.9 Å². The highest BCUT2D eigenvalue weighted by molar-refractivity contribution is 14.1. The number of nitrogens with zero attached hydrogens (tertiary/aromatic N) is 2. The molecule has 0 amide bonds. The van der Waals surface area contributed by atoms with Gasteiger partial charge in [-0.25, -0.2) is 4.68 Å². The summed E-state index contributed by atoms with van der Waals surface area (Å²) in [6.45, 7) is 0. The predicted octanol–water partition coefficient (Wildman–Crippen LogP) is 3.36. The average Bonchev–Trinajstić information content (AvgIpc) is 2.48. The number of halogens is 1. The molecule has 1 aliphatic rings. The Morgan fingerprint density at radius 2 is 1.80 bits per heavy atom. The fourth-order valence-corrected chi connectivity index (χ4v) is 2.69. The van der Waals surface area contributed by atoms with Gasteiger partial charge in [-0.1, -0.05) is 32.1 Å². The van der Waals surface area contributed by atoms with Crippen molar-refractivity contribution in [2.75, 3.05) is 5.73 Å². The Bertz CT molecular complexity index is 314. The van der Waals surface area contributed by atoms with Crippen molar-refractivity contribution in [2.24, 2.45) is 0 Å². The van der Waals surface area contributed by atoms with E-state index in [0.29, 0.717) is 6.04 Å². The van der Waals surface area contributed by atoms with Crippen LogP contribution < -0.4 is 5.73 Å². The quantitative estimate of drug-likeness (QED) is 0.807. The van der Waals surface area contributed by atoms with E-state index in [1.54, 1.807) is 0 Å². The Balaban J connectivity index is 2.10. The largest absolute Gasteiger partial charge is 0.383 e. The smallest absolute Gasteiger partial charge is 0.135 e. The van der Waals surface area contributed by atoms with Crippen molar-refractivity contribution in [3.8, 4) is 0 Å². The molecule has 1 aliphatic carbocycles. The maximum Gasteiger partial charge on any atom is 0.135 e. The summed E-state index contributed by atoms with van der Waals surface area (Å²) in [5.74, 6) is 0.848. The molecule has 1 aromatic heterocycles. The molecule has 0 aromatic carbocycles. The first-order valence-corrected chi connectivity index (χ1v) is 6.85. The van der Waals surface area contributed by atoms with E-state index in [1.165, 1.54) is 44.9 Å². The number of nitrogen functional groups attached to an aromatic ring is 1. The molecule has 0 spiro atoms. The summed E-state index contributed by atoms with van der Waals surface area (Å²) in [5.41, 5.74) is 6.02. The van der Waals surface area contributed by atoms with Crippen LogP contribution in [0.5, 0.6) is 0 Å². The van der Waals surface area contributed by atoms with Crippen LogP contribution in [0.25, 0.3) is 0 Å². The van der Waals surface area contributed by atoms with Gasteiger partial charge in [0.05, 0.1) is 15.8 Å². The molecule has 2 N–H and O–H groups in total. The van der Waals surface area contributed by atoms with Gasteiger partial charge in [0.1, 0.15) is 5.82 Å². The molecule has 0 radical (unpaired) electrons. The Morgan fingerprint density at radius 1 is 1.20 bits per heavy atom. The third-order valence-electron chi connectivity index (χ3n) is 3.21. The zero-order valence-electron chi connectivity index (χ0n) is 8.95. The summed E-state index contributed by atoms with van der Waals surface area (Å²) in [6.07, 6.45) is 11.1. The number of rotatable bonds is 1. The molecule has 0 aliphatic heterocycles. The second kappa shape index (κ2) is 5.18. The molecule has 0 unspecified atom stereocenters. The maximum absolute atomic E-state index is 6.02. The monoisotopic (exact) mass is 319 g/mol. The average molecular weight is 319 g/mol. The first-order chi connectivity index (χ1) is 7.29. The van der Waals surface area contributed by atoms with E-state index in [9.17, 15) is 0 Å². The Kier molecular flexibility index (Phi) is 3.88. The summed E-state index contributed by atoms with van der Waals surface area (Å²) in [4.78, 5) is 0. The molecule has 1 heterocycles. The van der Waals surface area contributed by atoms with Crippen LogP contribution in [-0.2, 0) is 0 Å². The normalized spacial score (nSPS) is 19.8. The first kappa shape index (κ1) is 11.2. The molecule has 3 nitrogen and oxygen atoms in total. The minimum atomic E-state index is 0.536. The molecule has 1 fully saturated rings. The summed E-state index contributed by atoms with van der Waals surface area (Å²) in [5, 5.41) is 4.40. The van der Waals surface area contributed by atoms with Crippen molar-refractivity contribution in [1.82, 2.24) is 9.78 Å². The standard InChI is InChI=1S/C11H18IN3/c12-10-8-14-15(11(10)13)9-6-4-2-1-3-5-7-9/h8-9H,1-7,13H2. The van der Waals surface area contributed by atoms with Gasteiger partial charge in [0, 0.05) is 0 Å². The molecule has 0 bridgehead atoms. The lowest BCUT2D eigenvalue weighted by atomic mass is 9.97. The fourth-order valence-electron chi connectivity index (χ4n) is 2.32. The maximum atomic E-state index is 6.02. The van der Waals surface area contributed by atoms with Crippen LogP contribution >= 0.6 is 22.6 Å². The van der Waals surface area contributed by atoms with Gasteiger partial charge >= 0.3 is 0 Å². The van der Waals surface area contributed by atoms with Crippen molar-refractivity contribution in [2.45, 2.75) is 51.0 Å². The van der Waals surface area contributed by atoms with Gasteiger partial charge in [0.2, 0.25) is 0 Å². The van der Waals surface area contributed by atoms with Gasteiger partial charge in [-0.15, -0.1) is 0 Å². The van der Waals surface area contributed by atoms with Crippen LogP contribution in [0.15, 0.2) is 6.20 Å². The van der Waals surface area contributed by atoms with E-state index >= 15 is 0 Å². The third-order valence-corrected chi connectivity index (χ3v) is 4.04. The van der Waals surface area contributed by atoms with Gasteiger partial charge < -0.3 is 5.73 Å². The molecule has 1 saturated carbocycles. The molecule has 4 heteroatoms. The van der Waals surface area contributed by atoms with Crippen LogP contribution in [-0.4, -0.2) is 9.78 Å². The topological polar surface area (TPSA) is 43.8 Å². The molecule has 1 aromatic rings. The van der Waals surface area contributed by atoms with Crippen molar-refractivity contribution in [3.05, 3.63) is 9.77 Å². The zero-order chi connectivity index (χ0) is 10.7.